The average molecular weight is 431 g/mol. The Morgan fingerprint density at radius 3 is 2.42 bits per heavy atom. The molecular formula is C23H34N4O4. The number of rotatable bonds is 3. The number of nitrogens with one attached hydrogen (secondary N) is 1. The van der Waals surface area contributed by atoms with Crippen molar-refractivity contribution >= 4 is 23.6 Å². The van der Waals surface area contributed by atoms with E-state index in [4.69, 9.17) is 9.84 Å². The molecule has 0 saturated carbocycles. The van der Waals surface area contributed by atoms with Gasteiger partial charge in [0, 0.05) is 17.8 Å². The number of nitrogens with zero attached hydrogens (tertiary/aromatic N) is 3. The van der Waals surface area contributed by atoms with Crippen LogP contribution in [0.2, 0.25) is 0 Å². The van der Waals surface area contributed by atoms with Gasteiger partial charge in [-0.05, 0) is 45.4 Å². The maximum atomic E-state index is 12.3. The van der Waals surface area contributed by atoms with E-state index in [9.17, 15) is 9.59 Å². The first kappa shape index (κ1) is 25.9. The number of aromatic carboxylic acids is 1. The quantitative estimate of drug-likeness (QED) is 0.684. The van der Waals surface area contributed by atoms with Crippen LogP contribution in [0.15, 0.2) is 30.6 Å². The van der Waals surface area contributed by atoms with Gasteiger partial charge in [-0.2, -0.15) is 0 Å². The van der Waals surface area contributed by atoms with E-state index < -0.39 is 11.6 Å². The van der Waals surface area contributed by atoms with Crippen molar-refractivity contribution in [1.82, 2.24) is 14.9 Å². The lowest BCUT2D eigenvalue weighted by molar-refractivity contribution is 0.0220. The van der Waals surface area contributed by atoms with Crippen molar-refractivity contribution < 1.29 is 19.4 Å². The topological polar surface area (TPSA) is 105 Å². The summed E-state index contributed by atoms with van der Waals surface area (Å²) in [6.07, 6.45) is 1.65. The normalized spacial score (nSPS) is 12.3. The van der Waals surface area contributed by atoms with Crippen LogP contribution in [0.5, 0.6) is 0 Å². The number of carboxylic acids is 1. The first-order valence-corrected chi connectivity index (χ1v) is 10.6. The highest BCUT2D eigenvalue weighted by Gasteiger charge is 2.28. The minimum atomic E-state index is -0.989. The molecule has 1 amide bonds. The number of ether oxygens (including phenoxy) is 1. The molecule has 2 heterocycles. The number of amides is 1. The summed E-state index contributed by atoms with van der Waals surface area (Å²) in [5.41, 5.74) is 1.94. The van der Waals surface area contributed by atoms with Crippen LogP contribution in [0.3, 0.4) is 0 Å². The van der Waals surface area contributed by atoms with E-state index in [2.05, 4.69) is 15.3 Å². The average Bonchev–Trinajstić information content (AvgIpc) is 2.75. The summed E-state index contributed by atoms with van der Waals surface area (Å²) >= 11 is 0. The smallest absolute Gasteiger partial charge is 0.410 e. The molecule has 3 rings (SSSR count). The van der Waals surface area contributed by atoms with Crippen LogP contribution < -0.4 is 5.32 Å². The van der Waals surface area contributed by atoms with Crippen LogP contribution in [0, 0.1) is 0 Å². The molecule has 0 radical (unpaired) electrons. The predicted octanol–water partition coefficient (Wildman–Crippen LogP) is 5.26. The second kappa shape index (κ2) is 11.9. The molecule has 0 aliphatic carbocycles. The number of hydrogen-bond acceptors (Lipinski definition) is 6. The Labute approximate surface area is 184 Å². The Morgan fingerprint density at radius 2 is 1.81 bits per heavy atom. The summed E-state index contributed by atoms with van der Waals surface area (Å²) in [6, 6.07) is 6.52. The van der Waals surface area contributed by atoms with E-state index in [1.54, 1.807) is 23.1 Å². The maximum Gasteiger partial charge on any atom is 0.410 e. The van der Waals surface area contributed by atoms with Gasteiger partial charge < -0.3 is 20.1 Å². The van der Waals surface area contributed by atoms with Gasteiger partial charge in [0.25, 0.3) is 0 Å². The monoisotopic (exact) mass is 430 g/mol. The first-order valence-electron chi connectivity index (χ1n) is 10.6. The molecule has 8 nitrogen and oxygen atoms in total. The number of fused-ring (bicyclic) bond motifs is 1. The van der Waals surface area contributed by atoms with Gasteiger partial charge in [-0.25, -0.2) is 19.6 Å². The predicted molar refractivity (Wildman–Crippen MR) is 122 cm³/mol. The van der Waals surface area contributed by atoms with E-state index in [-0.39, 0.29) is 11.7 Å². The second-order valence-corrected chi connectivity index (χ2v) is 7.31. The lowest BCUT2D eigenvalue weighted by atomic mass is 10.1. The molecule has 8 heteroatoms. The molecule has 2 N–H and O–H groups in total. The van der Waals surface area contributed by atoms with Crippen LogP contribution in [0.4, 0.5) is 16.3 Å². The van der Waals surface area contributed by atoms with Crippen LogP contribution in [-0.4, -0.2) is 44.2 Å². The maximum absolute atomic E-state index is 12.3. The Kier molecular flexibility index (Phi) is 9.92. The van der Waals surface area contributed by atoms with E-state index in [1.807, 2.05) is 48.5 Å². The van der Waals surface area contributed by atoms with Gasteiger partial charge in [-0.3, -0.25) is 0 Å². The number of benzene rings is 1. The summed E-state index contributed by atoms with van der Waals surface area (Å²) < 4.78 is 5.43. The second-order valence-electron chi connectivity index (χ2n) is 7.31. The zero-order valence-corrected chi connectivity index (χ0v) is 19.5. The molecule has 0 fully saturated rings. The standard InChI is InChI=1S/C19H22N4O4.2C2H6/c1-19(2,3)27-18(26)23-8-7-14-15(10-23)20-11-21-16(14)22-13-6-4-5-12(9-13)17(24)25;2*1-2/h4-6,9,11H,7-8,10H2,1-3H3,(H,24,25)(H,20,21,22);2*1-2H3. The molecule has 0 atom stereocenters. The molecule has 0 saturated heterocycles. The Bertz CT molecular complexity index is 878. The van der Waals surface area contributed by atoms with E-state index in [0.29, 0.717) is 31.0 Å². The molecular weight excluding hydrogens is 396 g/mol. The fourth-order valence-electron chi connectivity index (χ4n) is 2.81. The molecule has 0 bridgehead atoms. The number of carbonyl (C=O) groups excluding carboxylic acids is 1. The van der Waals surface area contributed by atoms with Gasteiger partial charge >= 0.3 is 12.1 Å². The van der Waals surface area contributed by atoms with Crippen molar-refractivity contribution in [3.63, 3.8) is 0 Å². The molecule has 31 heavy (non-hydrogen) atoms. The third-order valence-corrected chi connectivity index (χ3v) is 4.03. The van der Waals surface area contributed by atoms with Crippen LogP contribution in [-0.2, 0) is 17.7 Å². The minimum Gasteiger partial charge on any atom is -0.478 e. The van der Waals surface area contributed by atoms with Gasteiger partial charge in [0.05, 0.1) is 17.8 Å². The summed E-state index contributed by atoms with van der Waals surface area (Å²) in [7, 11) is 0. The zero-order chi connectivity index (χ0) is 23.6. The summed E-state index contributed by atoms with van der Waals surface area (Å²) in [5.74, 6) is -0.372. The van der Waals surface area contributed by atoms with Gasteiger partial charge in [0.15, 0.2) is 0 Å². The van der Waals surface area contributed by atoms with Crippen LogP contribution >= 0.6 is 0 Å². The molecule has 0 unspecified atom stereocenters. The summed E-state index contributed by atoms with van der Waals surface area (Å²) in [5, 5.41) is 12.3. The lowest BCUT2D eigenvalue weighted by Gasteiger charge is -2.31. The fraction of sp³-hybridized carbons (Fsp3) is 0.478. The Morgan fingerprint density at radius 1 is 1.13 bits per heavy atom. The minimum absolute atomic E-state index is 0.194. The summed E-state index contributed by atoms with van der Waals surface area (Å²) in [4.78, 5) is 33.6. The van der Waals surface area contributed by atoms with Crippen molar-refractivity contribution in [3.05, 3.63) is 47.4 Å². The zero-order valence-electron chi connectivity index (χ0n) is 19.5. The van der Waals surface area contributed by atoms with Gasteiger partial charge in [-0.15, -0.1) is 0 Å². The number of aromatic nitrogens is 2. The number of carbonyl (C=O) groups is 2. The fourth-order valence-corrected chi connectivity index (χ4v) is 2.81. The Balaban J connectivity index is 0.00000113. The number of hydrogen-bond donors (Lipinski definition) is 2. The third-order valence-electron chi connectivity index (χ3n) is 4.03. The van der Waals surface area contributed by atoms with Gasteiger partial charge in [0.2, 0.25) is 0 Å². The van der Waals surface area contributed by atoms with E-state index in [0.717, 1.165) is 11.3 Å². The van der Waals surface area contributed by atoms with Crippen LogP contribution in [0.1, 0.15) is 70.1 Å². The van der Waals surface area contributed by atoms with E-state index >= 15 is 0 Å². The molecule has 0 spiro atoms. The van der Waals surface area contributed by atoms with Crippen molar-refractivity contribution in [1.29, 1.82) is 0 Å². The molecule has 2 aromatic rings. The molecule has 170 valence electrons. The lowest BCUT2D eigenvalue weighted by Crippen LogP contribution is -2.40. The largest absolute Gasteiger partial charge is 0.478 e. The third kappa shape index (κ3) is 7.55. The van der Waals surface area contributed by atoms with Crippen molar-refractivity contribution in [2.24, 2.45) is 0 Å². The number of carboxylic acid groups (broad SMARTS) is 1. The van der Waals surface area contributed by atoms with E-state index in [1.165, 1.54) is 12.4 Å². The first-order chi connectivity index (χ1) is 14.7. The van der Waals surface area contributed by atoms with Crippen molar-refractivity contribution in [2.75, 3.05) is 11.9 Å². The molecule has 1 aromatic heterocycles. The van der Waals surface area contributed by atoms with Gasteiger partial charge in [0.1, 0.15) is 17.7 Å². The highest BCUT2D eigenvalue weighted by atomic mass is 16.6. The van der Waals surface area contributed by atoms with Crippen LogP contribution in [0.25, 0.3) is 0 Å². The highest BCUT2D eigenvalue weighted by Crippen LogP contribution is 2.26. The highest BCUT2D eigenvalue weighted by molar-refractivity contribution is 5.89. The number of anilines is 2. The van der Waals surface area contributed by atoms with Crippen molar-refractivity contribution in [2.45, 2.75) is 67.0 Å². The molecule has 1 aliphatic heterocycles. The van der Waals surface area contributed by atoms with Crippen molar-refractivity contribution in [3.8, 4) is 0 Å². The van der Waals surface area contributed by atoms with Gasteiger partial charge in [-0.1, -0.05) is 33.8 Å². The summed E-state index contributed by atoms with van der Waals surface area (Å²) in [6.45, 7) is 14.3. The Hall–Kier alpha value is -3.16. The molecule has 1 aromatic carbocycles. The SMILES string of the molecule is CC.CC.CC(C)(C)OC(=O)N1CCc2c(ncnc2Nc2cccc(C(=O)O)c2)C1. The molecule has 1 aliphatic rings.